The van der Waals surface area contributed by atoms with Crippen LogP contribution in [-0.2, 0) is 6.42 Å². The summed E-state index contributed by atoms with van der Waals surface area (Å²) in [5.74, 6) is 0. The van der Waals surface area contributed by atoms with Gasteiger partial charge in [-0.2, -0.15) is 0 Å². The Kier molecular flexibility index (Phi) is 3.33. The van der Waals surface area contributed by atoms with Gasteiger partial charge in [-0.05, 0) is 5.56 Å². The normalized spacial score (nSPS) is 12.1. The Hall–Kier alpha value is -1.98. The van der Waals surface area contributed by atoms with Gasteiger partial charge in [0.15, 0.2) is 0 Å². The first-order valence-electron chi connectivity index (χ1n) is 4.37. The van der Waals surface area contributed by atoms with Gasteiger partial charge < -0.3 is 0 Å². The predicted octanol–water partition coefficient (Wildman–Crippen LogP) is 1.80. The van der Waals surface area contributed by atoms with Crippen LogP contribution >= 0.6 is 0 Å². The van der Waals surface area contributed by atoms with E-state index >= 15 is 0 Å². The van der Waals surface area contributed by atoms with Crippen LogP contribution in [0.5, 0.6) is 0 Å². The van der Waals surface area contributed by atoms with E-state index in [1.54, 1.807) is 0 Å². The molecule has 0 aliphatic heterocycles. The lowest BCUT2D eigenvalue weighted by atomic mass is 10.1. The zero-order chi connectivity index (χ0) is 11.4. The summed E-state index contributed by atoms with van der Waals surface area (Å²) in [5, 5.41) is 20.7. The van der Waals surface area contributed by atoms with Crippen molar-refractivity contribution in [3.63, 3.8) is 0 Å². The van der Waals surface area contributed by atoms with E-state index in [-0.39, 0.29) is 17.0 Å². The van der Waals surface area contributed by atoms with Gasteiger partial charge in [0.25, 0.3) is 5.69 Å². The van der Waals surface area contributed by atoms with Gasteiger partial charge in [0.05, 0.1) is 4.92 Å². The molecule has 0 spiro atoms. The third-order valence-corrected chi connectivity index (χ3v) is 2.04. The first kappa shape index (κ1) is 11.1. The van der Waals surface area contributed by atoms with Crippen molar-refractivity contribution in [3.8, 4) is 0 Å². The van der Waals surface area contributed by atoms with Crippen LogP contribution in [0.15, 0.2) is 24.3 Å². The van der Waals surface area contributed by atoms with Gasteiger partial charge >= 0.3 is 0 Å². The smallest absolute Gasteiger partial charge is 0.264 e. The van der Waals surface area contributed by atoms with Gasteiger partial charge in [-0.25, -0.2) is 0 Å². The molecular formula is C9H10N2O4. The first-order valence-corrected chi connectivity index (χ1v) is 4.37. The maximum atomic E-state index is 10.4. The number of nitro groups is 2. The third-order valence-electron chi connectivity index (χ3n) is 2.04. The van der Waals surface area contributed by atoms with E-state index in [2.05, 4.69) is 0 Å². The molecule has 0 N–H and O–H groups in total. The van der Waals surface area contributed by atoms with Crippen molar-refractivity contribution in [3.05, 3.63) is 50.1 Å². The molecule has 0 radical (unpaired) electrons. The number of hydrogen-bond donors (Lipinski definition) is 0. The second-order valence-electron chi connectivity index (χ2n) is 3.26. The summed E-state index contributed by atoms with van der Waals surface area (Å²) < 4.78 is 0. The largest absolute Gasteiger partial charge is 0.269 e. The summed E-state index contributed by atoms with van der Waals surface area (Å²) in [5.41, 5.74) is 0.720. The fourth-order valence-electron chi connectivity index (χ4n) is 1.17. The van der Waals surface area contributed by atoms with Crippen molar-refractivity contribution in [1.29, 1.82) is 0 Å². The summed E-state index contributed by atoms with van der Waals surface area (Å²) in [6, 6.07) is 5.10. The molecule has 1 rings (SSSR count). The average molecular weight is 210 g/mol. The monoisotopic (exact) mass is 210 g/mol. The SMILES string of the molecule is CC(Cc1ccc([N+](=O)[O-])cc1)[N+](=O)[O-]. The Morgan fingerprint density at radius 3 is 2.13 bits per heavy atom. The van der Waals surface area contributed by atoms with E-state index in [1.165, 1.54) is 31.2 Å². The van der Waals surface area contributed by atoms with Crippen LogP contribution in [0.25, 0.3) is 0 Å². The Morgan fingerprint density at radius 2 is 1.73 bits per heavy atom. The third kappa shape index (κ3) is 3.01. The standard InChI is InChI=1S/C9H10N2O4/c1-7(10(12)13)6-8-2-4-9(5-3-8)11(14)15/h2-5,7H,6H2,1H3. The highest BCUT2D eigenvalue weighted by Crippen LogP contribution is 2.13. The van der Waals surface area contributed by atoms with Gasteiger partial charge in [0.1, 0.15) is 0 Å². The minimum absolute atomic E-state index is 0.00694. The molecular weight excluding hydrogens is 200 g/mol. The van der Waals surface area contributed by atoms with Crippen LogP contribution in [0.1, 0.15) is 12.5 Å². The fraction of sp³-hybridized carbons (Fsp3) is 0.333. The van der Waals surface area contributed by atoms with E-state index in [9.17, 15) is 20.2 Å². The summed E-state index contributed by atoms with van der Waals surface area (Å²) in [6.07, 6.45) is 0.283. The van der Waals surface area contributed by atoms with Crippen molar-refractivity contribution in [2.24, 2.45) is 0 Å². The van der Waals surface area contributed by atoms with E-state index in [0.29, 0.717) is 0 Å². The quantitative estimate of drug-likeness (QED) is 0.560. The zero-order valence-corrected chi connectivity index (χ0v) is 8.12. The number of non-ortho nitro benzene ring substituents is 1. The lowest BCUT2D eigenvalue weighted by Crippen LogP contribution is -2.17. The summed E-state index contributed by atoms with van der Waals surface area (Å²) in [6.45, 7) is 1.50. The molecule has 1 aromatic rings. The molecule has 1 unspecified atom stereocenters. The average Bonchev–Trinajstić information content (AvgIpc) is 2.18. The molecule has 0 heterocycles. The van der Waals surface area contributed by atoms with Crippen molar-refractivity contribution < 1.29 is 9.85 Å². The van der Waals surface area contributed by atoms with Crippen LogP contribution in [-0.4, -0.2) is 15.9 Å². The van der Waals surface area contributed by atoms with E-state index in [1.807, 2.05) is 0 Å². The van der Waals surface area contributed by atoms with Crippen LogP contribution in [0.3, 0.4) is 0 Å². The van der Waals surface area contributed by atoms with Gasteiger partial charge in [0, 0.05) is 30.4 Å². The van der Waals surface area contributed by atoms with Crippen molar-refractivity contribution in [1.82, 2.24) is 0 Å². The van der Waals surface area contributed by atoms with Crippen LogP contribution < -0.4 is 0 Å². The van der Waals surface area contributed by atoms with Crippen molar-refractivity contribution in [2.75, 3.05) is 0 Å². The number of rotatable bonds is 4. The molecule has 6 nitrogen and oxygen atoms in total. The van der Waals surface area contributed by atoms with Crippen molar-refractivity contribution >= 4 is 5.69 Å². The van der Waals surface area contributed by atoms with Crippen LogP contribution in [0, 0.1) is 20.2 Å². The second-order valence-corrected chi connectivity index (χ2v) is 3.26. The first-order chi connectivity index (χ1) is 7.00. The number of benzene rings is 1. The second kappa shape index (κ2) is 4.50. The number of hydrogen-bond acceptors (Lipinski definition) is 4. The van der Waals surface area contributed by atoms with Gasteiger partial charge in [-0.15, -0.1) is 0 Å². The van der Waals surface area contributed by atoms with Crippen LogP contribution in [0.4, 0.5) is 5.69 Å². The molecule has 0 aromatic heterocycles. The summed E-state index contributed by atoms with van der Waals surface area (Å²) >= 11 is 0. The number of nitrogens with zero attached hydrogens (tertiary/aromatic N) is 2. The summed E-state index contributed by atoms with van der Waals surface area (Å²) in [4.78, 5) is 19.8. The van der Waals surface area contributed by atoms with E-state index < -0.39 is 11.0 Å². The van der Waals surface area contributed by atoms with E-state index in [0.717, 1.165) is 5.56 Å². The molecule has 0 saturated heterocycles. The molecule has 1 atom stereocenters. The Morgan fingerprint density at radius 1 is 1.20 bits per heavy atom. The molecule has 15 heavy (non-hydrogen) atoms. The Bertz CT molecular complexity index is 374. The summed E-state index contributed by atoms with van der Waals surface area (Å²) in [7, 11) is 0. The molecule has 0 aliphatic carbocycles. The Labute approximate surface area is 85.8 Å². The molecule has 0 amide bonds. The molecule has 0 bridgehead atoms. The van der Waals surface area contributed by atoms with Gasteiger partial charge in [-0.1, -0.05) is 12.1 Å². The Balaban J connectivity index is 2.72. The molecule has 0 aliphatic rings. The van der Waals surface area contributed by atoms with Gasteiger partial charge in [-0.3, -0.25) is 20.2 Å². The highest BCUT2D eigenvalue weighted by atomic mass is 16.6. The molecule has 0 fully saturated rings. The lowest BCUT2D eigenvalue weighted by Gasteiger charge is -2.03. The minimum Gasteiger partial charge on any atom is -0.264 e. The number of nitro benzene ring substituents is 1. The maximum absolute atomic E-state index is 10.4. The molecule has 0 saturated carbocycles. The fourth-order valence-corrected chi connectivity index (χ4v) is 1.17. The van der Waals surface area contributed by atoms with Crippen LogP contribution in [0.2, 0.25) is 0 Å². The highest BCUT2D eigenvalue weighted by Gasteiger charge is 2.14. The molecule has 80 valence electrons. The highest BCUT2D eigenvalue weighted by molar-refractivity contribution is 5.33. The minimum atomic E-state index is -0.675. The van der Waals surface area contributed by atoms with Gasteiger partial charge in [0.2, 0.25) is 6.04 Å². The predicted molar refractivity (Wildman–Crippen MR) is 53.3 cm³/mol. The lowest BCUT2D eigenvalue weighted by molar-refractivity contribution is -0.517. The maximum Gasteiger partial charge on any atom is 0.269 e. The van der Waals surface area contributed by atoms with E-state index in [4.69, 9.17) is 0 Å². The topological polar surface area (TPSA) is 86.3 Å². The molecule has 1 aromatic carbocycles. The molecule has 6 heteroatoms. The van der Waals surface area contributed by atoms with Crippen molar-refractivity contribution in [2.45, 2.75) is 19.4 Å². The zero-order valence-electron chi connectivity index (χ0n) is 8.12.